The van der Waals surface area contributed by atoms with Crippen LogP contribution in [0.1, 0.15) is 5.89 Å². The highest BCUT2D eigenvalue weighted by Crippen LogP contribution is 2.20. The molecule has 0 bridgehead atoms. The van der Waals surface area contributed by atoms with Gasteiger partial charge in [-0.15, -0.1) is 11.3 Å². The first-order valence-electron chi connectivity index (χ1n) is 5.91. The Morgan fingerprint density at radius 3 is 2.80 bits per heavy atom. The molecule has 1 aromatic carbocycles. The van der Waals surface area contributed by atoms with Gasteiger partial charge in [0.25, 0.3) is 0 Å². The van der Waals surface area contributed by atoms with E-state index in [1.165, 1.54) is 23.5 Å². The topological polar surface area (TPSA) is 55.1 Å². The van der Waals surface area contributed by atoms with Gasteiger partial charge in [-0.3, -0.25) is 0 Å². The molecular formula is C13H11FN4OS. The van der Waals surface area contributed by atoms with Crippen molar-refractivity contribution in [1.29, 1.82) is 0 Å². The van der Waals surface area contributed by atoms with Crippen molar-refractivity contribution in [2.75, 3.05) is 11.9 Å². The summed E-state index contributed by atoms with van der Waals surface area (Å²) in [6.07, 6.45) is 1.74. The number of aromatic nitrogens is 3. The molecule has 0 radical (unpaired) electrons. The van der Waals surface area contributed by atoms with Gasteiger partial charge in [0.2, 0.25) is 11.7 Å². The predicted molar refractivity (Wildman–Crippen MR) is 73.9 cm³/mol. The van der Waals surface area contributed by atoms with Crippen LogP contribution in [0.15, 0.2) is 40.4 Å². The van der Waals surface area contributed by atoms with Crippen LogP contribution in [0.25, 0.3) is 11.4 Å². The van der Waals surface area contributed by atoms with E-state index in [0.717, 1.165) is 10.7 Å². The summed E-state index contributed by atoms with van der Waals surface area (Å²) in [5.41, 5.74) is 0.721. The number of benzene rings is 1. The minimum absolute atomic E-state index is 0.291. The number of thiazole rings is 1. The third kappa shape index (κ3) is 2.67. The van der Waals surface area contributed by atoms with Crippen molar-refractivity contribution in [3.63, 3.8) is 0 Å². The summed E-state index contributed by atoms with van der Waals surface area (Å²) in [7, 11) is 1.90. The number of halogens is 1. The zero-order valence-corrected chi connectivity index (χ0v) is 11.5. The summed E-state index contributed by atoms with van der Waals surface area (Å²) >= 11 is 1.54. The van der Waals surface area contributed by atoms with E-state index in [1.54, 1.807) is 18.3 Å². The summed E-state index contributed by atoms with van der Waals surface area (Å²) in [4.78, 5) is 10.4. The fourth-order valence-electron chi connectivity index (χ4n) is 1.71. The van der Waals surface area contributed by atoms with Gasteiger partial charge in [-0.05, 0) is 24.3 Å². The lowest BCUT2D eigenvalue weighted by atomic mass is 10.2. The molecule has 0 aliphatic carbocycles. The Balaban J connectivity index is 1.75. The van der Waals surface area contributed by atoms with Crippen LogP contribution in [-0.4, -0.2) is 22.2 Å². The van der Waals surface area contributed by atoms with E-state index < -0.39 is 0 Å². The monoisotopic (exact) mass is 290 g/mol. The summed E-state index contributed by atoms with van der Waals surface area (Å²) in [6, 6.07) is 5.98. The maximum absolute atomic E-state index is 12.9. The van der Waals surface area contributed by atoms with E-state index >= 15 is 0 Å². The largest absolute Gasteiger partial charge is 0.342 e. The molecule has 0 saturated carbocycles. The lowest BCUT2D eigenvalue weighted by Crippen LogP contribution is -2.16. The second-order valence-corrected chi connectivity index (χ2v) is 5.06. The highest BCUT2D eigenvalue weighted by atomic mass is 32.1. The van der Waals surface area contributed by atoms with E-state index in [9.17, 15) is 4.39 Å². The molecule has 20 heavy (non-hydrogen) atoms. The normalized spacial score (nSPS) is 10.7. The van der Waals surface area contributed by atoms with E-state index in [-0.39, 0.29) is 5.82 Å². The Kier molecular flexibility index (Phi) is 3.42. The van der Waals surface area contributed by atoms with Crippen molar-refractivity contribution in [3.05, 3.63) is 47.6 Å². The second-order valence-electron chi connectivity index (χ2n) is 4.19. The predicted octanol–water partition coefficient (Wildman–Crippen LogP) is 2.97. The van der Waals surface area contributed by atoms with Crippen LogP contribution in [0.2, 0.25) is 0 Å². The Labute approximate surface area is 118 Å². The smallest absolute Gasteiger partial charge is 0.246 e. The number of anilines is 1. The minimum atomic E-state index is -0.291. The molecule has 0 spiro atoms. The number of nitrogens with zero attached hydrogens (tertiary/aromatic N) is 4. The van der Waals surface area contributed by atoms with Crippen LogP contribution in [0.5, 0.6) is 0 Å². The molecule has 0 N–H and O–H groups in total. The van der Waals surface area contributed by atoms with Crippen molar-refractivity contribution in [2.24, 2.45) is 0 Å². The van der Waals surface area contributed by atoms with Crippen molar-refractivity contribution >= 4 is 16.5 Å². The van der Waals surface area contributed by atoms with Crippen molar-refractivity contribution in [2.45, 2.75) is 6.54 Å². The molecule has 0 unspecified atom stereocenters. The van der Waals surface area contributed by atoms with Gasteiger partial charge in [-0.2, -0.15) is 4.98 Å². The zero-order valence-electron chi connectivity index (χ0n) is 10.7. The van der Waals surface area contributed by atoms with Crippen LogP contribution in [-0.2, 0) is 6.54 Å². The second kappa shape index (κ2) is 5.38. The van der Waals surface area contributed by atoms with Gasteiger partial charge in [0, 0.05) is 24.2 Å². The van der Waals surface area contributed by atoms with E-state index in [0.29, 0.717) is 18.3 Å². The van der Waals surface area contributed by atoms with Crippen molar-refractivity contribution < 1.29 is 8.91 Å². The molecule has 2 aromatic heterocycles. The highest BCUT2D eigenvalue weighted by Gasteiger charge is 2.12. The van der Waals surface area contributed by atoms with E-state index in [1.807, 2.05) is 17.3 Å². The Morgan fingerprint density at radius 1 is 1.30 bits per heavy atom. The molecule has 3 rings (SSSR count). The minimum Gasteiger partial charge on any atom is -0.342 e. The molecule has 102 valence electrons. The Morgan fingerprint density at radius 2 is 2.10 bits per heavy atom. The molecule has 2 heterocycles. The summed E-state index contributed by atoms with van der Waals surface area (Å²) in [5.74, 6) is 0.649. The van der Waals surface area contributed by atoms with Crippen molar-refractivity contribution in [3.8, 4) is 11.4 Å². The first kappa shape index (κ1) is 12.7. The van der Waals surface area contributed by atoms with E-state index in [2.05, 4.69) is 15.1 Å². The summed E-state index contributed by atoms with van der Waals surface area (Å²) in [5, 5.41) is 6.69. The summed E-state index contributed by atoms with van der Waals surface area (Å²) in [6.45, 7) is 0.474. The van der Waals surface area contributed by atoms with Gasteiger partial charge in [0.05, 0.1) is 6.54 Å². The average molecular weight is 290 g/mol. The van der Waals surface area contributed by atoms with Gasteiger partial charge in [0.1, 0.15) is 5.82 Å². The Bertz CT molecular complexity index is 681. The molecule has 5 nitrogen and oxygen atoms in total. The van der Waals surface area contributed by atoms with Gasteiger partial charge >= 0.3 is 0 Å². The number of rotatable bonds is 4. The van der Waals surface area contributed by atoms with Gasteiger partial charge in [0.15, 0.2) is 5.13 Å². The van der Waals surface area contributed by atoms with Gasteiger partial charge in [-0.1, -0.05) is 5.16 Å². The Hall–Kier alpha value is -2.28. The highest BCUT2D eigenvalue weighted by molar-refractivity contribution is 7.13. The summed E-state index contributed by atoms with van der Waals surface area (Å²) < 4.78 is 18.1. The SMILES string of the molecule is CN(Cc1nc(-c2ccc(F)cc2)no1)c1nccs1. The molecule has 0 aliphatic heterocycles. The number of hydrogen-bond donors (Lipinski definition) is 0. The lowest BCUT2D eigenvalue weighted by Gasteiger charge is -2.11. The quantitative estimate of drug-likeness (QED) is 0.739. The molecule has 3 aromatic rings. The lowest BCUT2D eigenvalue weighted by molar-refractivity contribution is 0.378. The van der Waals surface area contributed by atoms with Crippen molar-refractivity contribution in [1.82, 2.24) is 15.1 Å². The molecule has 0 aliphatic rings. The third-order valence-electron chi connectivity index (χ3n) is 2.69. The fourth-order valence-corrected chi connectivity index (χ4v) is 2.32. The maximum Gasteiger partial charge on any atom is 0.246 e. The molecular weight excluding hydrogens is 279 g/mol. The van der Waals surface area contributed by atoms with Crippen LogP contribution in [0, 0.1) is 5.82 Å². The van der Waals surface area contributed by atoms with Gasteiger partial charge in [-0.25, -0.2) is 9.37 Å². The molecule has 0 atom stereocenters. The molecule has 0 saturated heterocycles. The molecule has 7 heteroatoms. The molecule has 0 fully saturated rings. The molecule has 0 amide bonds. The van der Waals surface area contributed by atoms with Gasteiger partial charge < -0.3 is 9.42 Å². The first-order chi connectivity index (χ1) is 9.72. The standard InChI is InChI=1S/C13H11FN4OS/c1-18(13-15-6-7-20-13)8-11-16-12(17-19-11)9-2-4-10(14)5-3-9/h2-7H,8H2,1H3. The maximum atomic E-state index is 12.9. The van der Waals surface area contributed by atoms with Crippen LogP contribution in [0.4, 0.5) is 9.52 Å². The van der Waals surface area contributed by atoms with Crippen LogP contribution >= 0.6 is 11.3 Å². The first-order valence-corrected chi connectivity index (χ1v) is 6.79. The van der Waals surface area contributed by atoms with Crippen LogP contribution in [0.3, 0.4) is 0 Å². The number of hydrogen-bond acceptors (Lipinski definition) is 6. The zero-order chi connectivity index (χ0) is 13.9. The average Bonchev–Trinajstić information content (AvgIpc) is 3.10. The third-order valence-corrected chi connectivity index (χ3v) is 3.57. The van der Waals surface area contributed by atoms with E-state index in [4.69, 9.17) is 4.52 Å². The van der Waals surface area contributed by atoms with Crippen LogP contribution < -0.4 is 4.90 Å². The fraction of sp³-hybridized carbons (Fsp3) is 0.154.